The van der Waals surface area contributed by atoms with Crippen LogP contribution in [0.3, 0.4) is 0 Å². The van der Waals surface area contributed by atoms with E-state index in [0.29, 0.717) is 0 Å². The van der Waals surface area contributed by atoms with Gasteiger partial charge in [-0.15, -0.1) is 0 Å². The molecule has 0 amide bonds. The van der Waals surface area contributed by atoms with Gasteiger partial charge in [0, 0.05) is 49.4 Å². The fraction of sp³-hybridized carbons (Fsp3) is 0. The first kappa shape index (κ1) is 30.1. The zero-order chi connectivity index (χ0) is 36.0. The highest BCUT2D eigenvalue weighted by Crippen LogP contribution is 2.43. The van der Waals surface area contributed by atoms with Gasteiger partial charge in [0.1, 0.15) is 0 Å². The largest absolute Gasteiger partial charge is 0.309 e. The second-order valence-corrected chi connectivity index (χ2v) is 14.6. The van der Waals surface area contributed by atoms with E-state index in [2.05, 4.69) is 214 Å². The van der Waals surface area contributed by atoms with E-state index >= 15 is 0 Å². The lowest BCUT2D eigenvalue weighted by atomic mass is 10.0. The second kappa shape index (κ2) is 11.6. The number of hydrogen-bond acceptors (Lipinski definition) is 0. The van der Waals surface area contributed by atoms with Gasteiger partial charge in [-0.25, -0.2) is 0 Å². The van der Waals surface area contributed by atoms with Crippen LogP contribution in [0.5, 0.6) is 0 Å². The van der Waals surface area contributed by atoms with Crippen molar-refractivity contribution in [2.45, 2.75) is 0 Å². The van der Waals surface area contributed by atoms with Gasteiger partial charge in [0.15, 0.2) is 0 Å². The Morgan fingerprint density at radius 1 is 0.255 bits per heavy atom. The maximum Gasteiger partial charge on any atom is 0.0641 e. The van der Waals surface area contributed by atoms with E-state index in [1.165, 1.54) is 93.0 Å². The van der Waals surface area contributed by atoms with Gasteiger partial charge in [-0.05, 0) is 94.7 Å². The van der Waals surface area contributed by atoms with Crippen molar-refractivity contribution in [2.24, 2.45) is 0 Å². The molecule has 256 valence electrons. The third-order valence-electron chi connectivity index (χ3n) is 11.6. The summed E-state index contributed by atoms with van der Waals surface area (Å²) >= 11 is 0. The molecule has 0 fully saturated rings. The minimum absolute atomic E-state index is 1.14. The molecule has 0 saturated carbocycles. The summed E-state index contributed by atoms with van der Waals surface area (Å²) in [6.07, 6.45) is 0. The lowest BCUT2D eigenvalue weighted by Crippen LogP contribution is -1.96. The summed E-state index contributed by atoms with van der Waals surface area (Å²) in [6, 6.07) is 73.2. The van der Waals surface area contributed by atoms with Crippen LogP contribution >= 0.6 is 0 Å². The van der Waals surface area contributed by atoms with Crippen molar-refractivity contribution in [1.82, 2.24) is 13.7 Å². The lowest BCUT2D eigenvalue weighted by Gasteiger charge is -2.12. The Kier molecular flexibility index (Phi) is 6.34. The Bertz CT molecular complexity index is 3490. The molecule has 0 spiro atoms. The standard InChI is InChI=1S/C52H33N3/c1-2-16-38(17-3-1)53-48-24-11-8-21-44(48)51-50(53)30-28-43-41-19-6-10-23-47(41)55(52(43)51)39-18-12-15-36(32-39)37-26-29-49-45(33-37)42-20-7-9-22-46(42)54(49)40-27-25-34-13-4-5-14-35(34)31-40/h1-33H. The molecule has 0 aliphatic rings. The lowest BCUT2D eigenvalue weighted by molar-refractivity contribution is 1.17. The molecule has 9 aromatic carbocycles. The highest BCUT2D eigenvalue weighted by molar-refractivity contribution is 6.26. The molecular formula is C52H33N3. The van der Waals surface area contributed by atoms with Crippen LogP contribution in [0.25, 0.3) is 104 Å². The third kappa shape index (κ3) is 4.38. The van der Waals surface area contributed by atoms with Crippen LogP contribution in [0.2, 0.25) is 0 Å². The molecule has 0 radical (unpaired) electrons. The molecule has 3 nitrogen and oxygen atoms in total. The summed E-state index contributed by atoms with van der Waals surface area (Å²) in [5, 5.41) is 10.0. The fourth-order valence-electron chi connectivity index (χ4n) is 9.20. The molecule has 0 aliphatic carbocycles. The zero-order valence-electron chi connectivity index (χ0n) is 29.9. The maximum atomic E-state index is 2.49. The van der Waals surface area contributed by atoms with Crippen LogP contribution in [0, 0.1) is 0 Å². The van der Waals surface area contributed by atoms with E-state index in [1.807, 2.05) is 0 Å². The van der Waals surface area contributed by atoms with Gasteiger partial charge in [-0.1, -0.05) is 127 Å². The van der Waals surface area contributed by atoms with Gasteiger partial charge in [0.25, 0.3) is 0 Å². The van der Waals surface area contributed by atoms with Crippen molar-refractivity contribution in [1.29, 1.82) is 0 Å². The highest BCUT2D eigenvalue weighted by atomic mass is 15.0. The number of rotatable bonds is 4. The fourth-order valence-corrected chi connectivity index (χ4v) is 9.20. The molecule has 0 saturated heterocycles. The van der Waals surface area contributed by atoms with Crippen LogP contribution in [0.1, 0.15) is 0 Å². The van der Waals surface area contributed by atoms with Crippen molar-refractivity contribution in [3.05, 3.63) is 200 Å². The number of hydrogen-bond donors (Lipinski definition) is 0. The minimum atomic E-state index is 1.14. The topological polar surface area (TPSA) is 14.8 Å². The molecule has 0 N–H and O–H groups in total. The van der Waals surface area contributed by atoms with Crippen molar-refractivity contribution in [2.75, 3.05) is 0 Å². The van der Waals surface area contributed by atoms with E-state index in [1.54, 1.807) is 0 Å². The van der Waals surface area contributed by atoms with Crippen LogP contribution in [0.4, 0.5) is 0 Å². The van der Waals surface area contributed by atoms with Gasteiger partial charge in [0.05, 0.1) is 33.1 Å². The third-order valence-corrected chi connectivity index (χ3v) is 11.6. The molecule has 3 heterocycles. The first-order chi connectivity index (χ1) is 27.3. The summed E-state index contributed by atoms with van der Waals surface area (Å²) in [4.78, 5) is 0. The van der Waals surface area contributed by atoms with Crippen molar-refractivity contribution >= 4 is 76.2 Å². The quantitative estimate of drug-likeness (QED) is 0.174. The van der Waals surface area contributed by atoms with E-state index < -0.39 is 0 Å². The van der Waals surface area contributed by atoms with Gasteiger partial charge in [-0.3, -0.25) is 0 Å². The monoisotopic (exact) mass is 699 g/mol. The van der Waals surface area contributed by atoms with Gasteiger partial charge >= 0.3 is 0 Å². The number of fused-ring (bicyclic) bond motifs is 11. The molecule has 3 heteroatoms. The van der Waals surface area contributed by atoms with Crippen LogP contribution in [-0.4, -0.2) is 13.7 Å². The van der Waals surface area contributed by atoms with E-state index in [4.69, 9.17) is 0 Å². The molecule has 12 rings (SSSR count). The normalized spacial score (nSPS) is 12.0. The molecule has 3 aromatic heterocycles. The first-order valence-corrected chi connectivity index (χ1v) is 18.9. The number of nitrogens with zero attached hydrogens (tertiary/aromatic N) is 3. The zero-order valence-corrected chi connectivity index (χ0v) is 29.9. The highest BCUT2D eigenvalue weighted by Gasteiger charge is 2.21. The molecule has 12 aromatic rings. The van der Waals surface area contributed by atoms with Crippen LogP contribution < -0.4 is 0 Å². The van der Waals surface area contributed by atoms with Gasteiger partial charge in [-0.2, -0.15) is 0 Å². The maximum absolute atomic E-state index is 2.49. The Morgan fingerprint density at radius 2 is 0.818 bits per heavy atom. The van der Waals surface area contributed by atoms with Crippen molar-refractivity contribution < 1.29 is 0 Å². The van der Waals surface area contributed by atoms with Gasteiger partial charge < -0.3 is 13.7 Å². The van der Waals surface area contributed by atoms with Gasteiger partial charge in [0.2, 0.25) is 0 Å². The van der Waals surface area contributed by atoms with E-state index in [-0.39, 0.29) is 0 Å². The molecule has 0 unspecified atom stereocenters. The summed E-state index contributed by atoms with van der Waals surface area (Å²) in [5.41, 5.74) is 13.1. The number of benzene rings is 9. The number of aromatic nitrogens is 3. The molecule has 0 atom stereocenters. The van der Waals surface area contributed by atoms with Crippen LogP contribution in [-0.2, 0) is 0 Å². The minimum Gasteiger partial charge on any atom is -0.309 e. The summed E-state index contributed by atoms with van der Waals surface area (Å²) in [5.74, 6) is 0. The predicted octanol–water partition coefficient (Wildman–Crippen LogP) is 13.8. The van der Waals surface area contributed by atoms with E-state index in [9.17, 15) is 0 Å². The summed E-state index contributed by atoms with van der Waals surface area (Å²) in [7, 11) is 0. The summed E-state index contributed by atoms with van der Waals surface area (Å²) < 4.78 is 7.31. The smallest absolute Gasteiger partial charge is 0.0641 e. The average molecular weight is 700 g/mol. The Hall–Kier alpha value is -7.36. The molecular weight excluding hydrogens is 667 g/mol. The predicted molar refractivity (Wildman–Crippen MR) is 232 cm³/mol. The Morgan fingerprint density at radius 3 is 1.64 bits per heavy atom. The van der Waals surface area contributed by atoms with Crippen LogP contribution in [0.15, 0.2) is 200 Å². The Labute approximate surface area is 317 Å². The average Bonchev–Trinajstić information content (AvgIpc) is 3.89. The van der Waals surface area contributed by atoms with Crippen molar-refractivity contribution in [3.63, 3.8) is 0 Å². The number of para-hydroxylation sites is 4. The summed E-state index contributed by atoms with van der Waals surface area (Å²) in [6.45, 7) is 0. The Balaban J connectivity index is 1.09. The first-order valence-electron chi connectivity index (χ1n) is 18.9. The second-order valence-electron chi connectivity index (χ2n) is 14.6. The molecule has 55 heavy (non-hydrogen) atoms. The molecule has 0 bridgehead atoms. The van der Waals surface area contributed by atoms with Crippen molar-refractivity contribution in [3.8, 4) is 28.2 Å². The SMILES string of the molecule is c1ccc(-n2c3ccccc3c3c2ccc2c4ccccc4n(-c4cccc(-c5ccc6c(c5)c5ccccc5n6-c5ccc6ccccc6c5)c4)c23)cc1. The molecule has 0 aliphatic heterocycles. The van der Waals surface area contributed by atoms with E-state index in [0.717, 1.165) is 11.4 Å².